The number of benzene rings is 1. The van der Waals surface area contributed by atoms with Gasteiger partial charge >= 0.3 is 0 Å². The van der Waals surface area contributed by atoms with Gasteiger partial charge in [-0.05, 0) is 19.1 Å². The Morgan fingerprint density at radius 1 is 1.32 bits per heavy atom. The SMILES string of the molecule is Cc1cn2c(CN)c(-c3ccc(Cl)c(Cl)c3)nc2s1. The Hall–Kier alpha value is -1.07. The average Bonchev–Trinajstić information content (AvgIpc) is 2.88. The Balaban J connectivity index is 2.23. The van der Waals surface area contributed by atoms with Gasteiger partial charge in [-0.2, -0.15) is 0 Å². The first-order valence-electron chi connectivity index (χ1n) is 5.73. The molecule has 6 heteroatoms. The van der Waals surface area contributed by atoms with Crippen LogP contribution in [0.5, 0.6) is 0 Å². The molecule has 0 fully saturated rings. The normalized spacial score (nSPS) is 11.4. The van der Waals surface area contributed by atoms with Crippen molar-refractivity contribution in [3.8, 4) is 11.3 Å². The molecule has 0 atom stereocenters. The summed E-state index contributed by atoms with van der Waals surface area (Å²) in [6.07, 6.45) is 2.05. The van der Waals surface area contributed by atoms with E-state index in [-0.39, 0.29) is 0 Å². The molecule has 0 saturated heterocycles. The molecule has 98 valence electrons. The molecule has 3 aromatic rings. The van der Waals surface area contributed by atoms with Gasteiger partial charge in [0.05, 0.1) is 21.4 Å². The van der Waals surface area contributed by atoms with Crippen molar-refractivity contribution in [1.29, 1.82) is 0 Å². The zero-order chi connectivity index (χ0) is 13.6. The number of hydrogen-bond donors (Lipinski definition) is 1. The van der Waals surface area contributed by atoms with Crippen molar-refractivity contribution in [3.63, 3.8) is 0 Å². The molecule has 19 heavy (non-hydrogen) atoms. The molecule has 0 radical (unpaired) electrons. The molecule has 0 bridgehead atoms. The highest BCUT2D eigenvalue weighted by molar-refractivity contribution is 7.17. The second-order valence-corrected chi connectivity index (χ2v) is 6.26. The van der Waals surface area contributed by atoms with Gasteiger partial charge in [-0.3, -0.25) is 4.40 Å². The number of aromatic nitrogens is 2. The van der Waals surface area contributed by atoms with Crippen molar-refractivity contribution in [3.05, 3.63) is 45.0 Å². The molecule has 0 aliphatic heterocycles. The summed E-state index contributed by atoms with van der Waals surface area (Å²) in [6, 6.07) is 5.51. The van der Waals surface area contributed by atoms with Gasteiger partial charge in [-0.25, -0.2) is 4.98 Å². The lowest BCUT2D eigenvalue weighted by Gasteiger charge is -2.03. The Morgan fingerprint density at radius 3 is 2.79 bits per heavy atom. The van der Waals surface area contributed by atoms with Crippen LogP contribution in [-0.2, 0) is 6.54 Å². The summed E-state index contributed by atoms with van der Waals surface area (Å²) in [6.45, 7) is 2.48. The van der Waals surface area contributed by atoms with Crippen molar-refractivity contribution in [2.75, 3.05) is 0 Å². The molecule has 3 nitrogen and oxygen atoms in total. The van der Waals surface area contributed by atoms with E-state index in [2.05, 4.69) is 18.1 Å². The van der Waals surface area contributed by atoms with Crippen LogP contribution < -0.4 is 5.73 Å². The molecular formula is C13H11Cl2N3S. The van der Waals surface area contributed by atoms with E-state index in [0.29, 0.717) is 16.6 Å². The lowest BCUT2D eigenvalue weighted by atomic mass is 10.1. The monoisotopic (exact) mass is 311 g/mol. The smallest absolute Gasteiger partial charge is 0.194 e. The van der Waals surface area contributed by atoms with E-state index in [1.807, 2.05) is 16.5 Å². The average molecular weight is 312 g/mol. The fourth-order valence-corrected chi connectivity index (χ4v) is 3.21. The van der Waals surface area contributed by atoms with Crippen LogP contribution in [0.1, 0.15) is 10.6 Å². The fraction of sp³-hybridized carbons (Fsp3) is 0.154. The van der Waals surface area contributed by atoms with E-state index in [1.54, 1.807) is 17.4 Å². The number of imidazole rings is 1. The first-order valence-corrected chi connectivity index (χ1v) is 7.30. The van der Waals surface area contributed by atoms with Crippen molar-refractivity contribution < 1.29 is 0 Å². The van der Waals surface area contributed by atoms with E-state index in [0.717, 1.165) is 21.9 Å². The van der Waals surface area contributed by atoms with Crippen LogP contribution in [0.3, 0.4) is 0 Å². The van der Waals surface area contributed by atoms with Crippen LogP contribution in [0.25, 0.3) is 16.2 Å². The van der Waals surface area contributed by atoms with Gasteiger partial charge in [0.15, 0.2) is 4.96 Å². The number of aryl methyl sites for hydroxylation is 1. The third-order valence-electron chi connectivity index (χ3n) is 2.93. The third-order valence-corrected chi connectivity index (χ3v) is 4.56. The number of rotatable bonds is 2. The molecule has 3 rings (SSSR count). The Bertz CT molecular complexity index is 761. The molecular weight excluding hydrogens is 301 g/mol. The fourth-order valence-electron chi connectivity index (χ4n) is 2.07. The number of halogens is 2. The maximum absolute atomic E-state index is 6.06. The maximum Gasteiger partial charge on any atom is 0.194 e. The van der Waals surface area contributed by atoms with Crippen molar-refractivity contribution in [2.45, 2.75) is 13.5 Å². The molecule has 0 spiro atoms. The minimum Gasteiger partial charge on any atom is -0.325 e. The third kappa shape index (κ3) is 2.15. The van der Waals surface area contributed by atoms with Crippen molar-refractivity contribution in [1.82, 2.24) is 9.38 Å². The summed E-state index contributed by atoms with van der Waals surface area (Å²) in [4.78, 5) is 6.80. The van der Waals surface area contributed by atoms with Gasteiger partial charge in [0.2, 0.25) is 0 Å². The van der Waals surface area contributed by atoms with Crippen molar-refractivity contribution >= 4 is 39.5 Å². The first-order chi connectivity index (χ1) is 9.10. The van der Waals surface area contributed by atoms with Gasteiger partial charge in [0.1, 0.15) is 0 Å². The van der Waals surface area contributed by atoms with E-state index < -0.39 is 0 Å². The van der Waals surface area contributed by atoms with Crippen molar-refractivity contribution in [2.24, 2.45) is 5.73 Å². The van der Waals surface area contributed by atoms with E-state index in [4.69, 9.17) is 28.9 Å². The Morgan fingerprint density at radius 2 is 2.11 bits per heavy atom. The highest BCUT2D eigenvalue weighted by Crippen LogP contribution is 2.32. The van der Waals surface area contributed by atoms with Crippen LogP contribution in [0.2, 0.25) is 10.0 Å². The van der Waals surface area contributed by atoms with Gasteiger partial charge in [-0.15, -0.1) is 11.3 Å². The summed E-state index contributed by atoms with van der Waals surface area (Å²) in [5.74, 6) is 0. The summed E-state index contributed by atoms with van der Waals surface area (Å²) in [5, 5.41) is 1.06. The zero-order valence-electron chi connectivity index (χ0n) is 10.2. The second-order valence-electron chi connectivity index (χ2n) is 4.23. The highest BCUT2D eigenvalue weighted by atomic mass is 35.5. The van der Waals surface area contributed by atoms with Crippen LogP contribution in [-0.4, -0.2) is 9.38 Å². The predicted molar refractivity (Wildman–Crippen MR) is 81.2 cm³/mol. The standard InChI is InChI=1S/C13H11Cl2N3S/c1-7-6-18-11(5-16)12(17-13(18)19-7)8-2-3-9(14)10(15)4-8/h2-4,6H,5,16H2,1H3. The highest BCUT2D eigenvalue weighted by Gasteiger charge is 2.15. The maximum atomic E-state index is 6.06. The predicted octanol–water partition coefficient (Wildman–Crippen LogP) is 4.14. The minimum atomic E-state index is 0.424. The topological polar surface area (TPSA) is 43.3 Å². The minimum absolute atomic E-state index is 0.424. The van der Waals surface area contributed by atoms with Crippen LogP contribution in [0.15, 0.2) is 24.4 Å². The largest absolute Gasteiger partial charge is 0.325 e. The van der Waals surface area contributed by atoms with Gasteiger partial charge in [0.25, 0.3) is 0 Å². The zero-order valence-corrected chi connectivity index (χ0v) is 12.5. The lowest BCUT2D eigenvalue weighted by Crippen LogP contribution is -2.01. The van der Waals surface area contributed by atoms with Gasteiger partial charge < -0.3 is 5.73 Å². The van der Waals surface area contributed by atoms with E-state index >= 15 is 0 Å². The molecule has 0 aliphatic carbocycles. The number of nitrogens with zero attached hydrogens (tertiary/aromatic N) is 2. The first kappa shape index (κ1) is 12.9. The van der Waals surface area contributed by atoms with Gasteiger partial charge in [0, 0.05) is 23.2 Å². The van der Waals surface area contributed by atoms with E-state index in [9.17, 15) is 0 Å². The van der Waals surface area contributed by atoms with E-state index in [1.165, 1.54) is 4.88 Å². The molecule has 0 amide bonds. The van der Waals surface area contributed by atoms with Crippen LogP contribution >= 0.6 is 34.5 Å². The second kappa shape index (κ2) is 4.80. The Labute approximate surface area is 124 Å². The molecule has 2 aromatic heterocycles. The number of hydrogen-bond acceptors (Lipinski definition) is 3. The summed E-state index contributed by atoms with van der Waals surface area (Å²) >= 11 is 13.6. The van der Waals surface area contributed by atoms with Crippen LogP contribution in [0.4, 0.5) is 0 Å². The number of fused-ring (bicyclic) bond motifs is 1. The van der Waals surface area contributed by atoms with Crippen LogP contribution in [0, 0.1) is 6.92 Å². The summed E-state index contributed by atoms with van der Waals surface area (Å²) in [7, 11) is 0. The molecule has 0 saturated carbocycles. The molecule has 2 heterocycles. The molecule has 0 unspecified atom stereocenters. The number of thiazole rings is 1. The Kier molecular flexibility index (Phi) is 3.27. The van der Waals surface area contributed by atoms with Gasteiger partial charge in [-0.1, -0.05) is 29.3 Å². The summed E-state index contributed by atoms with van der Waals surface area (Å²) in [5.41, 5.74) is 8.65. The lowest BCUT2D eigenvalue weighted by molar-refractivity contribution is 0.967. The number of nitrogens with two attached hydrogens (primary N) is 1. The molecule has 0 aliphatic rings. The molecule has 2 N–H and O–H groups in total. The quantitative estimate of drug-likeness (QED) is 0.773. The molecule has 1 aromatic carbocycles. The summed E-state index contributed by atoms with van der Waals surface area (Å²) < 4.78 is 2.04.